The van der Waals surface area contributed by atoms with E-state index >= 15 is 0 Å². The molecule has 0 unspecified atom stereocenters. The van der Waals surface area contributed by atoms with E-state index in [1.807, 2.05) is 42.5 Å². The highest BCUT2D eigenvalue weighted by molar-refractivity contribution is 6.19. The Hall–Kier alpha value is -3.08. The lowest BCUT2D eigenvalue weighted by Crippen LogP contribution is -1.95. The molecule has 0 radical (unpaired) electrons. The Morgan fingerprint density at radius 3 is 2.50 bits per heavy atom. The topological polar surface area (TPSA) is 64.4 Å². The fraction of sp³-hybridized carbons (Fsp3) is 0.0588. The Balaban J connectivity index is 1.67. The van der Waals surface area contributed by atoms with Gasteiger partial charge in [0, 0.05) is 16.8 Å². The monoisotopic (exact) mass is 292 g/mol. The van der Waals surface area contributed by atoms with Crippen LogP contribution in [0.25, 0.3) is 11.3 Å². The van der Waals surface area contributed by atoms with Crippen LogP contribution in [0, 0.1) is 0 Å². The molecule has 2 aromatic carbocycles. The number of ketones is 1. The molecule has 0 amide bonds. The molecular weight excluding hydrogens is 280 g/mol. The van der Waals surface area contributed by atoms with E-state index in [1.165, 1.54) is 0 Å². The molecule has 0 saturated heterocycles. The molecule has 1 aliphatic rings. The number of methoxy groups -OCH3 is 1. The SMILES string of the molecule is COc1ccc(Nc2nc3c(o2)C(=O)c2ccccc2-3)cc1. The van der Waals surface area contributed by atoms with Crippen LogP contribution in [-0.2, 0) is 0 Å². The summed E-state index contributed by atoms with van der Waals surface area (Å²) in [6.07, 6.45) is 0. The minimum Gasteiger partial charge on any atom is -0.497 e. The van der Waals surface area contributed by atoms with Crippen LogP contribution in [0.2, 0.25) is 0 Å². The minimum atomic E-state index is -0.124. The number of carbonyl (C=O) groups is 1. The zero-order valence-electron chi connectivity index (χ0n) is 11.8. The average Bonchev–Trinajstić information content (AvgIpc) is 3.08. The van der Waals surface area contributed by atoms with Crippen molar-refractivity contribution in [2.24, 2.45) is 0 Å². The Morgan fingerprint density at radius 1 is 1.05 bits per heavy atom. The molecule has 0 atom stereocenters. The number of nitrogens with one attached hydrogen (secondary N) is 1. The molecule has 0 aliphatic heterocycles. The molecule has 1 aromatic heterocycles. The molecule has 1 heterocycles. The quantitative estimate of drug-likeness (QED) is 0.624. The number of benzene rings is 2. The van der Waals surface area contributed by atoms with E-state index < -0.39 is 0 Å². The molecule has 1 N–H and O–H groups in total. The molecule has 108 valence electrons. The molecule has 0 saturated carbocycles. The van der Waals surface area contributed by atoms with Crippen LogP contribution >= 0.6 is 0 Å². The van der Waals surface area contributed by atoms with Crippen LogP contribution in [0.3, 0.4) is 0 Å². The van der Waals surface area contributed by atoms with Crippen molar-refractivity contribution in [2.75, 3.05) is 12.4 Å². The normalized spacial score (nSPS) is 12.0. The number of carbonyl (C=O) groups excluding carboxylic acids is 1. The largest absolute Gasteiger partial charge is 0.497 e. The zero-order valence-corrected chi connectivity index (χ0v) is 11.8. The van der Waals surface area contributed by atoms with E-state index in [-0.39, 0.29) is 11.5 Å². The Kier molecular flexibility index (Phi) is 2.72. The number of ether oxygens (including phenoxy) is 1. The Labute approximate surface area is 126 Å². The van der Waals surface area contributed by atoms with E-state index in [0.717, 1.165) is 17.0 Å². The second-order valence-corrected chi connectivity index (χ2v) is 4.92. The molecule has 1 aliphatic carbocycles. The molecule has 22 heavy (non-hydrogen) atoms. The maximum atomic E-state index is 12.3. The van der Waals surface area contributed by atoms with Crippen LogP contribution in [0.5, 0.6) is 5.75 Å². The molecular formula is C17H12N2O3. The fourth-order valence-electron chi connectivity index (χ4n) is 2.52. The smallest absolute Gasteiger partial charge is 0.300 e. The summed E-state index contributed by atoms with van der Waals surface area (Å²) in [5.41, 5.74) is 2.85. The van der Waals surface area contributed by atoms with Crippen molar-refractivity contribution in [2.45, 2.75) is 0 Å². The van der Waals surface area contributed by atoms with Gasteiger partial charge < -0.3 is 14.5 Å². The maximum absolute atomic E-state index is 12.3. The zero-order chi connectivity index (χ0) is 15.1. The van der Waals surface area contributed by atoms with Gasteiger partial charge in [-0.3, -0.25) is 4.79 Å². The summed E-state index contributed by atoms with van der Waals surface area (Å²) >= 11 is 0. The molecule has 4 rings (SSSR count). The van der Waals surface area contributed by atoms with Gasteiger partial charge >= 0.3 is 0 Å². The van der Waals surface area contributed by atoms with Gasteiger partial charge in [-0.2, -0.15) is 4.98 Å². The first-order chi connectivity index (χ1) is 10.8. The van der Waals surface area contributed by atoms with E-state index in [4.69, 9.17) is 9.15 Å². The number of hydrogen-bond acceptors (Lipinski definition) is 5. The third kappa shape index (κ3) is 1.87. The molecule has 0 bridgehead atoms. The molecule has 5 heteroatoms. The summed E-state index contributed by atoms with van der Waals surface area (Å²) in [5.74, 6) is 0.933. The van der Waals surface area contributed by atoms with Gasteiger partial charge in [0.15, 0.2) is 0 Å². The Bertz CT molecular complexity index is 866. The summed E-state index contributed by atoms with van der Waals surface area (Å²) in [7, 11) is 1.62. The predicted molar refractivity (Wildman–Crippen MR) is 81.6 cm³/mol. The number of rotatable bonds is 3. The van der Waals surface area contributed by atoms with E-state index in [1.54, 1.807) is 13.2 Å². The van der Waals surface area contributed by atoms with Crippen molar-refractivity contribution in [3.63, 3.8) is 0 Å². The second-order valence-electron chi connectivity index (χ2n) is 4.92. The van der Waals surface area contributed by atoms with Crippen molar-refractivity contribution in [1.82, 2.24) is 4.98 Å². The van der Waals surface area contributed by atoms with E-state index in [0.29, 0.717) is 17.3 Å². The minimum absolute atomic E-state index is 0.124. The van der Waals surface area contributed by atoms with Gasteiger partial charge in [0.05, 0.1) is 7.11 Å². The van der Waals surface area contributed by atoms with Crippen molar-refractivity contribution in [3.05, 3.63) is 59.9 Å². The van der Waals surface area contributed by atoms with Crippen LogP contribution in [0.4, 0.5) is 11.7 Å². The van der Waals surface area contributed by atoms with Gasteiger partial charge in [0.25, 0.3) is 6.01 Å². The third-order valence-corrected chi connectivity index (χ3v) is 3.60. The summed E-state index contributed by atoms with van der Waals surface area (Å²) in [5, 5.41) is 3.05. The number of nitrogens with zero attached hydrogens (tertiary/aromatic N) is 1. The predicted octanol–water partition coefficient (Wildman–Crippen LogP) is 3.64. The molecule has 5 nitrogen and oxygen atoms in total. The Morgan fingerprint density at radius 2 is 1.77 bits per heavy atom. The van der Waals surface area contributed by atoms with Crippen LogP contribution in [-0.4, -0.2) is 17.9 Å². The highest BCUT2D eigenvalue weighted by atomic mass is 16.5. The third-order valence-electron chi connectivity index (χ3n) is 3.60. The lowest BCUT2D eigenvalue weighted by molar-refractivity contribution is 0.102. The van der Waals surface area contributed by atoms with Gasteiger partial charge in [-0.15, -0.1) is 0 Å². The van der Waals surface area contributed by atoms with Gasteiger partial charge in [0.1, 0.15) is 11.4 Å². The molecule has 0 spiro atoms. The number of fused-ring (bicyclic) bond motifs is 3. The van der Waals surface area contributed by atoms with Gasteiger partial charge in [-0.05, 0) is 24.3 Å². The van der Waals surface area contributed by atoms with Crippen LogP contribution in [0.15, 0.2) is 52.9 Å². The first-order valence-corrected chi connectivity index (χ1v) is 6.82. The number of oxazole rings is 1. The van der Waals surface area contributed by atoms with E-state index in [2.05, 4.69) is 10.3 Å². The maximum Gasteiger partial charge on any atom is 0.300 e. The van der Waals surface area contributed by atoms with Crippen molar-refractivity contribution in [3.8, 4) is 17.0 Å². The number of aromatic nitrogens is 1. The van der Waals surface area contributed by atoms with Gasteiger partial charge in [0.2, 0.25) is 11.5 Å². The average molecular weight is 292 g/mol. The standard InChI is InChI=1S/C17H12N2O3/c1-21-11-8-6-10(7-9-11)18-17-19-14-12-4-2-3-5-13(12)15(20)16(14)22-17/h2-9H,1H3,(H,18,19). The van der Waals surface area contributed by atoms with Gasteiger partial charge in [-0.1, -0.05) is 24.3 Å². The van der Waals surface area contributed by atoms with Crippen molar-refractivity contribution >= 4 is 17.5 Å². The lowest BCUT2D eigenvalue weighted by Gasteiger charge is -2.03. The first kappa shape index (κ1) is 12.6. The lowest BCUT2D eigenvalue weighted by atomic mass is 10.1. The van der Waals surface area contributed by atoms with Gasteiger partial charge in [-0.25, -0.2) is 0 Å². The summed E-state index contributed by atoms with van der Waals surface area (Å²) in [4.78, 5) is 16.6. The number of hydrogen-bond donors (Lipinski definition) is 1. The number of anilines is 2. The highest BCUT2D eigenvalue weighted by Gasteiger charge is 2.32. The summed E-state index contributed by atoms with van der Waals surface area (Å²) < 4.78 is 10.7. The van der Waals surface area contributed by atoms with Crippen LogP contribution in [0.1, 0.15) is 16.1 Å². The fourth-order valence-corrected chi connectivity index (χ4v) is 2.52. The van der Waals surface area contributed by atoms with Crippen molar-refractivity contribution in [1.29, 1.82) is 0 Å². The van der Waals surface area contributed by atoms with Crippen molar-refractivity contribution < 1.29 is 13.9 Å². The summed E-state index contributed by atoms with van der Waals surface area (Å²) in [6.45, 7) is 0. The second kappa shape index (κ2) is 4.73. The highest BCUT2D eigenvalue weighted by Crippen LogP contribution is 2.37. The van der Waals surface area contributed by atoms with Crippen LogP contribution < -0.4 is 10.1 Å². The first-order valence-electron chi connectivity index (χ1n) is 6.82. The molecule has 0 fully saturated rings. The molecule has 3 aromatic rings. The van der Waals surface area contributed by atoms with E-state index in [9.17, 15) is 4.79 Å². The summed E-state index contributed by atoms with van der Waals surface area (Å²) in [6, 6.07) is 15.0.